The lowest BCUT2D eigenvalue weighted by Crippen LogP contribution is -2.14. The molecule has 2 rings (SSSR count). The smallest absolute Gasteiger partial charge is 0.138 e. The Hall–Kier alpha value is -0.910. The zero-order valence-corrected chi connectivity index (χ0v) is 10.7. The zero-order valence-electron chi connectivity index (χ0n) is 8.37. The van der Waals surface area contributed by atoms with E-state index < -0.39 is 0 Å². The summed E-state index contributed by atoms with van der Waals surface area (Å²) in [4.78, 5) is 4.02. The lowest BCUT2D eigenvalue weighted by atomic mass is 10.2. The summed E-state index contributed by atoms with van der Waals surface area (Å²) in [6.07, 6.45) is 1.49. The van der Waals surface area contributed by atoms with Gasteiger partial charge in [-0.3, -0.25) is 5.10 Å². The van der Waals surface area contributed by atoms with Crippen molar-refractivity contribution in [1.82, 2.24) is 20.5 Å². The van der Waals surface area contributed by atoms with Gasteiger partial charge in [-0.25, -0.2) is 4.98 Å². The number of hydrogen-bond donors (Lipinski definition) is 2. The quantitative estimate of drug-likeness (QED) is 0.912. The average Bonchev–Trinajstić information content (AvgIpc) is 2.76. The van der Waals surface area contributed by atoms with Crippen molar-refractivity contribution in [1.29, 1.82) is 0 Å². The minimum absolute atomic E-state index is 0.652. The number of halogens is 2. The van der Waals surface area contributed by atoms with Crippen LogP contribution < -0.4 is 5.32 Å². The first-order chi connectivity index (χ1) is 7.75. The van der Waals surface area contributed by atoms with Gasteiger partial charge < -0.3 is 5.32 Å². The molecular weight excluding hydrogens is 291 g/mol. The third kappa shape index (κ3) is 3.04. The van der Waals surface area contributed by atoms with E-state index in [0.29, 0.717) is 6.54 Å². The topological polar surface area (TPSA) is 53.6 Å². The van der Waals surface area contributed by atoms with E-state index in [4.69, 9.17) is 11.6 Å². The van der Waals surface area contributed by atoms with Crippen molar-refractivity contribution in [3.05, 3.63) is 45.4 Å². The molecule has 0 aliphatic rings. The summed E-state index contributed by atoms with van der Waals surface area (Å²) < 4.78 is 1.04. The van der Waals surface area contributed by atoms with E-state index in [1.807, 2.05) is 18.2 Å². The standard InChI is InChI=1S/C10H10BrClN4/c11-9-2-1-8(12)3-7(9)4-13-5-10-14-6-15-16-10/h1-3,6,13H,4-5H2,(H,14,15,16). The molecule has 84 valence electrons. The Labute approximate surface area is 107 Å². The van der Waals surface area contributed by atoms with Gasteiger partial charge in [0.05, 0.1) is 6.54 Å². The molecule has 1 heterocycles. The maximum Gasteiger partial charge on any atom is 0.138 e. The van der Waals surface area contributed by atoms with Gasteiger partial charge in [0.2, 0.25) is 0 Å². The number of hydrogen-bond acceptors (Lipinski definition) is 3. The molecule has 1 aromatic heterocycles. The van der Waals surface area contributed by atoms with Crippen LogP contribution in [0.1, 0.15) is 11.4 Å². The molecule has 4 nitrogen and oxygen atoms in total. The Bertz CT molecular complexity index is 458. The summed E-state index contributed by atoms with van der Waals surface area (Å²) in [5.41, 5.74) is 1.12. The fourth-order valence-corrected chi connectivity index (χ4v) is 1.89. The maximum atomic E-state index is 5.92. The van der Waals surface area contributed by atoms with Gasteiger partial charge in [0.15, 0.2) is 0 Å². The van der Waals surface area contributed by atoms with Crippen LogP contribution in [0.5, 0.6) is 0 Å². The molecule has 0 atom stereocenters. The van der Waals surface area contributed by atoms with Gasteiger partial charge in [-0.1, -0.05) is 27.5 Å². The Balaban J connectivity index is 1.92. The number of benzene rings is 1. The second-order valence-electron chi connectivity index (χ2n) is 3.27. The van der Waals surface area contributed by atoms with Crippen molar-refractivity contribution in [2.45, 2.75) is 13.1 Å². The fourth-order valence-electron chi connectivity index (χ4n) is 1.31. The highest BCUT2D eigenvalue weighted by atomic mass is 79.9. The molecule has 0 bridgehead atoms. The van der Waals surface area contributed by atoms with Gasteiger partial charge in [-0.2, -0.15) is 5.10 Å². The van der Waals surface area contributed by atoms with Crippen molar-refractivity contribution >= 4 is 27.5 Å². The monoisotopic (exact) mass is 300 g/mol. The van der Waals surface area contributed by atoms with Crippen molar-refractivity contribution < 1.29 is 0 Å². The average molecular weight is 302 g/mol. The molecule has 2 N–H and O–H groups in total. The summed E-state index contributed by atoms with van der Waals surface area (Å²) in [6, 6.07) is 5.72. The molecule has 16 heavy (non-hydrogen) atoms. The normalized spacial score (nSPS) is 10.6. The van der Waals surface area contributed by atoms with Gasteiger partial charge in [-0.05, 0) is 23.8 Å². The minimum Gasteiger partial charge on any atom is -0.306 e. The number of H-pyrrole nitrogens is 1. The summed E-state index contributed by atoms with van der Waals surface area (Å²) in [7, 11) is 0. The van der Waals surface area contributed by atoms with Gasteiger partial charge in [0.1, 0.15) is 12.2 Å². The fraction of sp³-hybridized carbons (Fsp3) is 0.200. The van der Waals surface area contributed by atoms with Gasteiger partial charge >= 0.3 is 0 Å². The SMILES string of the molecule is Clc1ccc(Br)c(CNCc2ncn[nH]2)c1. The second kappa shape index (κ2) is 5.43. The van der Waals surface area contributed by atoms with E-state index in [1.54, 1.807) is 0 Å². The number of rotatable bonds is 4. The van der Waals surface area contributed by atoms with E-state index in [9.17, 15) is 0 Å². The number of aromatic amines is 1. The van der Waals surface area contributed by atoms with Crippen molar-refractivity contribution in [2.24, 2.45) is 0 Å². The third-order valence-corrected chi connectivity index (χ3v) is 3.09. The van der Waals surface area contributed by atoms with Crippen LogP contribution in [-0.4, -0.2) is 15.2 Å². The molecule has 0 saturated heterocycles. The molecule has 2 aromatic rings. The predicted octanol–water partition coefficient (Wildman–Crippen LogP) is 2.51. The van der Waals surface area contributed by atoms with E-state index in [2.05, 4.69) is 36.4 Å². The predicted molar refractivity (Wildman–Crippen MR) is 66.1 cm³/mol. The van der Waals surface area contributed by atoms with Gasteiger partial charge in [0, 0.05) is 16.0 Å². The molecule has 0 aliphatic heterocycles. The molecule has 1 aromatic carbocycles. The highest BCUT2D eigenvalue weighted by molar-refractivity contribution is 9.10. The first kappa shape index (κ1) is 11.6. The molecule has 0 amide bonds. The number of aromatic nitrogens is 3. The zero-order chi connectivity index (χ0) is 11.4. The molecule has 0 radical (unpaired) electrons. The van der Waals surface area contributed by atoms with Crippen LogP contribution >= 0.6 is 27.5 Å². The van der Waals surface area contributed by atoms with Crippen LogP contribution in [0, 0.1) is 0 Å². The molecule has 0 aliphatic carbocycles. The number of nitrogens with one attached hydrogen (secondary N) is 2. The van der Waals surface area contributed by atoms with E-state index >= 15 is 0 Å². The van der Waals surface area contributed by atoms with E-state index in [0.717, 1.165) is 27.4 Å². The highest BCUT2D eigenvalue weighted by Crippen LogP contribution is 2.20. The van der Waals surface area contributed by atoms with Crippen LogP contribution in [0.15, 0.2) is 29.0 Å². The summed E-state index contributed by atoms with van der Waals surface area (Å²) >= 11 is 9.39. The van der Waals surface area contributed by atoms with E-state index in [-0.39, 0.29) is 0 Å². The third-order valence-electron chi connectivity index (χ3n) is 2.08. The Morgan fingerprint density at radius 1 is 1.38 bits per heavy atom. The lowest BCUT2D eigenvalue weighted by Gasteiger charge is -2.05. The van der Waals surface area contributed by atoms with E-state index in [1.165, 1.54) is 6.33 Å². The molecule has 6 heteroatoms. The lowest BCUT2D eigenvalue weighted by molar-refractivity contribution is 0.663. The van der Waals surface area contributed by atoms with Gasteiger partial charge in [0.25, 0.3) is 0 Å². The summed E-state index contributed by atoms with van der Waals surface area (Å²) in [5.74, 6) is 0.818. The molecular formula is C10H10BrClN4. The molecule has 0 unspecified atom stereocenters. The van der Waals surface area contributed by atoms with Crippen LogP contribution in [-0.2, 0) is 13.1 Å². The molecule has 0 fully saturated rings. The van der Waals surface area contributed by atoms with Crippen molar-refractivity contribution in [2.75, 3.05) is 0 Å². The minimum atomic E-state index is 0.652. The number of nitrogens with zero attached hydrogens (tertiary/aromatic N) is 2. The molecule has 0 spiro atoms. The summed E-state index contributed by atoms with van der Waals surface area (Å²) in [6.45, 7) is 1.38. The Kier molecular flexibility index (Phi) is 3.93. The Morgan fingerprint density at radius 2 is 2.25 bits per heavy atom. The van der Waals surface area contributed by atoms with Crippen LogP contribution in [0.3, 0.4) is 0 Å². The second-order valence-corrected chi connectivity index (χ2v) is 4.56. The molecule has 0 saturated carbocycles. The first-order valence-corrected chi connectivity index (χ1v) is 5.91. The van der Waals surface area contributed by atoms with Crippen LogP contribution in [0.25, 0.3) is 0 Å². The van der Waals surface area contributed by atoms with Crippen LogP contribution in [0.2, 0.25) is 5.02 Å². The van der Waals surface area contributed by atoms with Crippen molar-refractivity contribution in [3.63, 3.8) is 0 Å². The Morgan fingerprint density at radius 3 is 3.00 bits per heavy atom. The van der Waals surface area contributed by atoms with Gasteiger partial charge in [-0.15, -0.1) is 0 Å². The van der Waals surface area contributed by atoms with Crippen molar-refractivity contribution in [3.8, 4) is 0 Å². The van der Waals surface area contributed by atoms with Crippen LogP contribution in [0.4, 0.5) is 0 Å². The highest BCUT2D eigenvalue weighted by Gasteiger charge is 2.01. The maximum absolute atomic E-state index is 5.92. The summed E-state index contributed by atoms with van der Waals surface area (Å²) in [5, 5.41) is 10.5. The first-order valence-electron chi connectivity index (χ1n) is 4.74. The largest absolute Gasteiger partial charge is 0.306 e.